The zero-order chi connectivity index (χ0) is 26.7. The number of carbonyl (C=O) groups excluding carboxylic acids is 1. The van der Waals surface area contributed by atoms with Crippen LogP contribution in [0.2, 0.25) is 0 Å². The van der Waals surface area contributed by atoms with Crippen LogP contribution in [-0.2, 0) is 27.7 Å². The Balaban J connectivity index is 2.01. The quantitative estimate of drug-likeness (QED) is 0.444. The number of ether oxygens (including phenoxy) is 1. The number of benzene rings is 1. The van der Waals surface area contributed by atoms with Gasteiger partial charge in [0.05, 0.1) is 29.3 Å². The van der Waals surface area contributed by atoms with Crippen LogP contribution in [0.25, 0.3) is 0 Å². The third-order valence-corrected chi connectivity index (χ3v) is 6.77. The van der Waals surface area contributed by atoms with E-state index in [1.54, 1.807) is 31.3 Å². The first kappa shape index (κ1) is 27.5. The van der Waals surface area contributed by atoms with Gasteiger partial charge in [0.25, 0.3) is 0 Å². The lowest BCUT2D eigenvalue weighted by molar-refractivity contribution is -0.138. The molecule has 0 fully saturated rings. The number of rotatable bonds is 9. The second-order valence-electron chi connectivity index (χ2n) is 9.79. The van der Waals surface area contributed by atoms with E-state index in [1.165, 1.54) is 24.2 Å². The van der Waals surface area contributed by atoms with Gasteiger partial charge in [0, 0.05) is 13.3 Å². The number of aliphatic carboxylic acids is 1. The molecule has 0 spiro atoms. The van der Waals surface area contributed by atoms with E-state index in [0.717, 1.165) is 6.07 Å². The van der Waals surface area contributed by atoms with Crippen LogP contribution >= 0.6 is 0 Å². The third-order valence-electron chi connectivity index (χ3n) is 6.77. The van der Waals surface area contributed by atoms with Crippen LogP contribution < -0.4 is 5.32 Å². The van der Waals surface area contributed by atoms with Crippen molar-refractivity contribution >= 4 is 12.0 Å². The maximum atomic E-state index is 14.0. The zero-order valence-corrected chi connectivity index (χ0v) is 21.0. The number of aryl methyl sites for hydroxylation is 1. The minimum absolute atomic E-state index is 0.148. The molecule has 0 bridgehead atoms. The van der Waals surface area contributed by atoms with Crippen LogP contribution in [-0.4, -0.2) is 41.8 Å². The van der Waals surface area contributed by atoms with E-state index in [1.807, 2.05) is 13.8 Å². The molecule has 0 radical (unpaired) electrons. The number of nitrogens with zero attached hydrogens (tertiary/aromatic N) is 1. The average molecular weight is 507 g/mol. The summed E-state index contributed by atoms with van der Waals surface area (Å²) in [5.41, 5.74) is -0.453. The van der Waals surface area contributed by atoms with Crippen molar-refractivity contribution in [2.45, 2.75) is 64.2 Å². The van der Waals surface area contributed by atoms with Crippen molar-refractivity contribution in [2.75, 3.05) is 13.7 Å². The van der Waals surface area contributed by atoms with Crippen molar-refractivity contribution in [3.63, 3.8) is 0 Å². The van der Waals surface area contributed by atoms with Crippen LogP contribution in [0, 0.1) is 5.92 Å². The lowest BCUT2D eigenvalue weighted by Gasteiger charge is -2.43. The van der Waals surface area contributed by atoms with Crippen molar-refractivity contribution in [3.05, 3.63) is 70.5 Å². The minimum Gasteiger partial charge on any atom is -0.478 e. The number of alkyl halides is 3. The van der Waals surface area contributed by atoms with Gasteiger partial charge in [0.1, 0.15) is 0 Å². The van der Waals surface area contributed by atoms with Gasteiger partial charge in [-0.25, -0.2) is 9.59 Å². The number of carbonyl (C=O) groups is 2. The number of urea groups is 1. The highest BCUT2D eigenvalue weighted by atomic mass is 19.4. The molecule has 196 valence electrons. The summed E-state index contributed by atoms with van der Waals surface area (Å²) in [5, 5.41) is 12.1. The molecule has 6 nitrogen and oxygen atoms in total. The SMILES string of the molecule is COCCC1=CN(C2C=CC(C(=O)O)=CC2)C(=O)N[C@@]1(C)c1ccc(CCC(C)C)c(C(F)(F)F)c1. The second kappa shape index (κ2) is 10.9. The van der Waals surface area contributed by atoms with Gasteiger partial charge >= 0.3 is 18.2 Å². The number of amides is 2. The summed E-state index contributed by atoms with van der Waals surface area (Å²) in [6, 6.07) is 3.43. The van der Waals surface area contributed by atoms with Crippen molar-refractivity contribution in [2.24, 2.45) is 5.92 Å². The summed E-state index contributed by atoms with van der Waals surface area (Å²) in [7, 11) is 1.53. The van der Waals surface area contributed by atoms with E-state index in [-0.39, 0.29) is 17.1 Å². The molecule has 1 aliphatic heterocycles. The molecule has 1 aliphatic carbocycles. The smallest absolute Gasteiger partial charge is 0.416 e. The molecule has 1 unspecified atom stereocenters. The topological polar surface area (TPSA) is 78.9 Å². The first-order valence-electron chi connectivity index (χ1n) is 12.0. The summed E-state index contributed by atoms with van der Waals surface area (Å²) in [6.07, 6.45) is 3.40. The molecule has 0 aromatic heterocycles. The molecular formula is C27H33F3N2O4. The van der Waals surface area contributed by atoms with E-state index in [2.05, 4.69) is 5.32 Å². The molecule has 2 atom stereocenters. The van der Waals surface area contributed by atoms with Gasteiger partial charge < -0.3 is 15.2 Å². The van der Waals surface area contributed by atoms with Gasteiger partial charge in [-0.15, -0.1) is 0 Å². The summed E-state index contributed by atoms with van der Waals surface area (Å²) >= 11 is 0. The monoisotopic (exact) mass is 506 g/mol. The molecular weight excluding hydrogens is 473 g/mol. The Kier molecular flexibility index (Phi) is 8.33. The van der Waals surface area contributed by atoms with E-state index < -0.39 is 35.3 Å². The largest absolute Gasteiger partial charge is 0.478 e. The highest BCUT2D eigenvalue weighted by Crippen LogP contribution is 2.40. The van der Waals surface area contributed by atoms with Gasteiger partial charge in [0.15, 0.2) is 0 Å². The van der Waals surface area contributed by atoms with Crippen molar-refractivity contribution in [1.82, 2.24) is 10.2 Å². The maximum Gasteiger partial charge on any atom is 0.416 e. The molecule has 0 saturated heterocycles. The fourth-order valence-corrected chi connectivity index (χ4v) is 4.53. The molecule has 0 saturated carbocycles. The Labute approximate surface area is 209 Å². The predicted molar refractivity (Wildman–Crippen MR) is 130 cm³/mol. The molecule has 1 heterocycles. The first-order chi connectivity index (χ1) is 16.9. The van der Waals surface area contributed by atoms with Crippen LogP contribution in [0.5, 0.6) is 0 Å². The lowest BCUT2D eigenvalue weighted by Crippen LogP contribution is -2.56. The molecule has 9 heteroatoms. The summed E-state index contributed by atoms with van der Waals surface area (Å²) in [6.45, 7) is 5.96. The normalized spacial score (nSPS) is 22.4. The maximum absolute atomic E-state index is 14.0. The first-order valence-corrected chi connectivity index (χ1v) is 12.0. The van der Waals surface area contributed by atoms with Gasteiger partial charge in [-0.05, 0) is 67.4 Å². The molecule has 1 aromatic rings. The fraction of sp³-hybridized carbons (Fsp3) is 0.481. The second-order valence-corrected chi connectivity index (χ2v) is 9.79. The van der Waals surface area contributed by atoms with Gasteiger partial charge in [-0.2, -0.15) is 13.2 Å². The standard InChI is InChI=1S/C27H33F3N2O4/c1-17(2)5-6-18-7-10-20(15-23(18)27(28,29)30)26(3)21(13-14-36-4)16-32(25(35)31-26)22-11-8-19(9-12-22)24(33)34/h7-11,15-17,22H,5-6,12-14H2,1-4H3,(H,31,35)(H,33,34)/t22?,26-/m0/s1. The molecule has 2 N–H and O–H groups in total. The third kappa shape index (κ3) is 6.00. The lowest BCUT2D eigenvalue weighted by atomic mass is 9.80. The number of carboxylic acids is 1. The Hall–Kier alpha value is -3.07. The van der Waals surface area contributed by atoms with E-state index in [4.69, 9.17) is 9.84 Å². The summed E-state index contributed by atoms with van der Waals surface area (Å²) in [5.74, 6) is -0.778. The molecule has 3 rings (SSSR count). The molecule has 2 amide bonds. The highest BCUT2D eigenvalue weighted by molar-refractivity contribution is 5.90. The van der Waals surface area contributed by atoms with E-state index in [9.17, 15) is 22.8 Å². The number of nitrogens with one attached hydrogen (secondary N) is 1. The average Bonchev–Trinajstić information content (AvgIpc) is 2.81. The van der Waals surface area contributed by atoms with E-state index >= 15 is 0 Å². The zero-order valence-electron chi connectivity index (χ0n) is 21.0. The predicted octanol–water partition coefficient (Wildman–Crippen LogP) is 5.79. The Bertz CT molecular complexity index is 1090. The number of hydrogen-bond donors (Lipinski definition) is 2. The van der Waals surface area contributed by atoms with Gasteiger partial charge in [-0.1, -0.05) is 38.1 Å². The number of halogens is 3. The van der Waals surface area contributed by atoms with E-state index in [0.29, 0.717) is 43.4 Å². The van der Waals surface area contributed by atoms with Crippen LogP contribution in [0.1, 0.15) is 56.7 Å². The minimum atomic E-state index is -4.53. The van der Waals surface area contributed by atoms with Crippen LogP contribution in [0.3, 0.4) is 0 Å². The van der Waals surface area contributed by atoms with Crippen molar-refractivity contribution in [1.29, 1.82) is 0 Å². The van der Waals surface area contributed by atoms with Crippen molar-refractivity contribution < 1.29 is 32.6 Å². The highest BCUT2D eigenvalue weighted by Gasteiger charge is 2.42. The number of methoxy groups -OCH3 is 1. The molecule has 2 aliphatic rings. The Morgan fingerprint density at radius 2 is 2.03 bits per heavy atom. The van der Waals surface area contributed by atoms with Crippen molar-refractivity contribution in [3.8, 4) is 0 Å². The Morgan fingerprint density at radius 1 is 1.31 bits per heavy atom. The molecule has 1 aromatic carbocycles. The molecule has 36 heavy (non-hydrogen) atoms. The van der Waals surface area contributed by atoms with Crippen LogP contribution in [0.15, 0.2) is 53.8 Å². The van der Waals surface area contributed by atoms with Gasteiger partial charge in [-0.3, -0.25) is 4.90 Å². The Morgan fingerprint density at radius 3 is 2.58 bits per heavy atom. The summed E-state index contributed by atoms with van der Waals surface area (Å²) in [4.78, 5) is 25.8. The van der Waals surface area contributed by atoms with Gasteiger partial charge in [0.2, 0.25) is 0 Å². The van der Waals surface area contributed by atoms with Crippen LogP contribution in [0.4, 0.5) is 18.0 Å². The number of carboxylic acid groups (broad SMARTS) is 1. The fourth-order valence-electron chi connectivity index (χ4n) is 4.53. The summed E-state index contributed by atoms with van der Waals surface area (Å²) < 4.78 is 47.3. The number of hydrogen-bond acceptors (Lipinski definition) is 3.